The number of nitrogens with one attached hydrogen (secondary N) is 1. The summed E-state index contributed by atoms with van der Waals surface area (Å²) in [7, 11) is -3.96. The lowest BCUT2D eigenvalue weighted by molar-refractivity contribution is -0.141. The third-order valence-corrected chi connectivity index (χ3v) is 9.25. The largest absolute Gasteiger partial charge is 0.416 e. The number of rotatable bonds is 13. The number of carbonyl (C=O) groups excluding carboxylic acids is 2. The van der Waals surface area contributed by atoms with Gasteiger partial charge in [0.1, 0.15) is 6.04 Å². The van der Waals surface area contributed by atoms with Crippen molar-refractivity contribution in [2.45, 2.75) is 76.7 Å². The van der Waals surface area contributed by atoms with Gasteiger partial charge in [-0.25, -0.2) is 8.42 Å². The molecule has 2 amide bonds. The molecule has 1 aliphatic carbocycles. The molecule has 11 heteroatoms. The summed E-state index contributed by atoms with van der Waals surface area (Å²) in [6, 6.07) is 20.5. The number of halogens is 3. The lowest BCUT2D eigenvalue weighted by Gasteiger charge is -2.33. The molecule has 3 aromatic carbocycles. The van der Waals surface area contributed by atoms with Crippen molar-refractivity contribution in [2.75, 3.05) is 17.1 Å². The van der Waals surface area contributed by atoms with Crippen LogP contribution in [0.15, 0.2) is 78.9 Å². The van der Waals surface area contributed by atoms with Crippen molar-refractivity contribution >= 4 is 27.5 Å². The second-order valence-electron chi connectivity index (χ2n) is 11.7. The summed E-state index contributed by atoms with van der Waals surface area (Å²) in [6.45, 7) is 1.91. The van der Waals surface area contributed by atoms with Crippen molar-refractivity contribution in [3.8, 4) is 0 Å². The van der Waals surface area contributed by atoms with Crippen molar-refractivity contribution in [2.24, 2.45) is 0 Å². The van der Waals surface area contributed by atoms with Gasteiger partial charge in [0.25, 0.3) is 0 Å². The zero-order valence-electron chi connectivity index (χ0n) is 25.6. The number of sulfonamides is 1. The molecule has 0 spiro atoms. The highest BCUT2D eigenvalue weighted by Gasteiger charge is 2.33. The maximum Gasteiger partial charge on any atom is 0.416 e. The molecule has 0 radical (unpaired) electrons. The summed E-state index contributed by atoms with van der Waals surface area (Å²) < 4.78 is 66.2. The summed E-state index contributed by atoms with van der Waals surface area (Å²) in [6.07, 6.45) is 0.316. The van der Waals surface area contributed by atoms with Crippen LogP contribution in [-0.2, 0) is 38.8 Å². The molecule has 0 aliphatic heterocycles. The maximum absolute atomic E-state index is 14.0. The van der Waals surface area contributed by atoms with Gasteiger partial charge in [-0.15, -0.1) is 0 Å². The molecule has 0 aromatic heterocycles. The third kappa shape index (κ3) is 9.81. The summed E-state index contributed by atoms with van der Waals surface area (Å²) in [4.78, 5) is 29.3. The minimum absolute atomic E-state index is 0.0366. The molecular formula is C34H40F3N3O4S. The van der Waals surface area contributed by atoms with E-state index in [2.05, 4.69) is 5.32 Å². The topological polar surface area (TPSA) is 86.8 Å². The highest BCUT2D eigenvalue weighted by atomic mass is 32.2. The van der Waals surface area contributed by atoms with Crippen molar-refractivity contribution < 1.29 is 31.2 Å². The molecule has 7 nitrogen and oxygen atoms in total. The first-order valence-electron chi connectivity index (χ1n) is 15.2. The van der Waals surface area contributed by atoms with E-state index >= 15 is 0 Å². The van der Waals surface area contributed by atoms with Crippen LogP contribution in [0.5, 0.6) is 0 Å². The molecule has 45 heavy (non-hydrogen) atoms. The summed E-state index contributed by atoms with van der Waals surface area (Å²) in [5, 5.41) is 3.15. The van der Waals surface area contributed by atoms with Crippen LogP contribution in [0.25, 0.3) is 0 Å². The molecule has 0 unspecified atom stereocenters. The van der Waals surface area contributed by atoms with Crippen LogP contribution < -0.4 is 9.62 Å². The molecule has 0 heterocycles. The van der Waals surface area contributed by atoms with Gasteiger partial charge in [-0.1, -0.05) is 79.1 Å². The van der Waals surface area contributed by atoms with Gasteiger partial charge >= 0.3 is 6.18 Å². The Balaban J connectivity index is 1.59. The molecule has 1 atom stereocenters. The van der Waals surface area contributed by atoms with E-state index in [1.807, 2.05) is 61.5 Å². The minimum Gasteiger partial charge on any atom is -0.352 e. The molecule has 1 fully saturated rings. The fourth-order valence-electron chi connectivity index (χ4n) is 5.65. The zero-order chi connectivity index (χ0) is 32.6. The number of benzene rings is 3. The van der Waals surface area contributed by atoms with E-state index in [1.165, 1.54) is 6.07 Å². The van der Waals surface area contributed by atoms with Crippen molar-refractivity contribution in [3.05, 3.63) is 101 Å². The first-order valence-corrected chi connectivity index (χ1v) is 17.0. The van der Waals surface area contributed by atoms with E-state index in [1.54, 1.807) is 4.90 Å². The van der Waals surface area contributed by atoms with E-state index in [0.29, 0.717) is 0 Å². The number of hydrogen-bond acceptors (Lipinski definition) is 4. The molecule has 1 N–H and O–H groups in total. The second kappa shape index (κ2) is 14.9. The highest BCUT2D eigenvalue weighted by molar-refractivity contribution is 7.92. The summed E-state index contributed by atoms with van der Waals surface area (Å²) in [5.41, 5.74) is 1.67. The Kier molecular flexibility index (Phi) is 11.3. The Labute approximate surface area is 263 Å². The van der Waals surface area contributed by atoms with Gasteiger partial charge in [0, 0.05) is 32.0 Å². The van der Waals surface area contributed by atoms with Crippen LogP contribution in [0.4, 0.5) is 18.9 Å². The molecule has 1 saturated carbocycles. The predicted molar refractivity (Wildman–Crippen MR) is 169 cm³/mol. The van der Waals surface area contributed by atoms with Crippen molar-refractivity contribution in [1.82, 2.24) is 10.2 Å². The Hall–Kier alpha value is -3.86. The maximum atomic E-state index is 14.0. The number of anilines is 1. The van der Waals surface area contributed by atoms with Gasteiger partial charge in [0.15, 0.2) is 0 Å². The minimum atomic E-state index is -4.64. The number of hydrogen-bond donors (Lipinski definition) is 1. The van der Waals surface area contributed by atoms with Gasteiger partial charge in [0.2, 0.25) is 21.8 Å². The molecule has 0 bridgehead atoms. The van der Waals surface area contributed by atoms with Gasteiger partial charge in [-0.2, -0.15) is 13.2 Å². The van der Waals surface area contributed by atoms with E-state index in [0.717, 1.165) is 71.1 Å². The normalized spacial score (nSPS) is 14.6. The smallest absolute Gasteiger partial charge is 0.352 e. The van der Waals surface area contributed by atoms with E-state index in [-0.39, 0.29) is 55.9 Å². The van der Waals surface area contributed by atoms with Gasteiger partial charge in [0.05, 0.1) is 17.5 Å². The fraction of sp³-hybridized carbons (Fsp3) is 0.412. The van der Waals surface area contributed by atoms with Gasteiger partial charge < -0.3 is 10.2 Å². The zero-order valence-corrected chi connectivity index (χ0v) is 26.4. The van der Waals surface area contributed by atoms with Gasteiger partial charge in [-0.3, -0.25) is 13.9 Å². The SMILES string of the molecule is Cc1ccc(CN(C(=O)CCCN(c2cccc(C(F)(F)F)c2)S(C)(=O)=O)[C@@H](Cc2ccccc2)C(=O)NC2CCCC2)cc1. The first kappa shape index (κ1) is 34.0. The monoisotopic (exact) mass is 643 g/mol. The average Bonchev–Trinajstić information content (AvgIpc) is 3.50. The average molecular weight is 644 g/mol. The first-order chi connectivity index (χ1) is 21.3. The number of alkyl halides is 3. The molecular weight excluding hydrogens is 603 g/mol. The molecule has 242 valence electrons. The standard InChI is InChI=1S/C34H40F3N3O4S/c1-25-17-19-27(20-18-25)24-39(31(22-26-10-4-3-5-11-26)33(42)38-29-13-6-7-14-29)32(41)16-9-21-40(45(2,43)44)30-15-8-12-28(23-30)34(35,36)37/h3-5,8,10-12,15,17-20,23,29,31H,6-7,9,13-14,16,21-22,24H2,1-2H3,(H,38,42)/t31-/m0/s1. The fourth-order valence-corrected chi connectivity index (χ4v) is 6.61. The molecule has 0 saturated heterocycles. The van der Waals surface area contributed by atoms with Gasteiger partial charge in [-0.05, 0) is 55.5 Å². The Bertz CT molecular complexity index is 1540. The molecule has 1 aliphatic rings. The van der Waals surface area contributed by atoms with Crippen molar-refractivity contribution in [1.29, 1.82) is 0 Å². The number of carbonyl (C=O) groups is 2. The lowest BCUT2D eigenvalue weighted by Crippen LogP contribution is -2.52. The Morgan fingerprint density at radius 1 is 0.933 bits per heavy atom. The second-order valence-corrected chi connectivity index (χ2v) is 13.6. The van der Waals surface area contributed by atoms with Crippen LogP contribution >= 0.6 is 0 Å². The molecule has 4 rings (SSSR count). The van der Waals surface area contributed by atoms with E-state index < -0.39 is 27.8 Å². The number of nitrogens with zero attached hydrogens (tertiary/aromatic N) is 2. The highest BCUT2D eigenvalue weighted by Crippen LogP contribution is 2.32. The Morgan fingerprint density at radius 3 is 2.22 bits per heavy atom. The van der Waals surface area contributed by atoms with E-state index in [9.17, 15) is 31.2 Å². The van der Waals surface area contributed by atoms with Crippen molar-refractivity contribution in [3.63, 3.8) is 0 Å². The van der Waals surface area contributed by atoms with Crippen LogP contribution in [-0.4, -0.2) is 50.0 Å². The predicted octanol–water partition coefficient (Wildman–Crippen LogP) is 6.26. The van der Waals surface area contributed by atoms with Crippen LogP contribution in [0, 0.1) is 6.92 Å². The lowest BCUT2D eigenvalue weighted by atomic mass is 10.0. The third-order valence-electron chi connectivity index (χ3n) is 8.06. The number of aryl methyl sites for hydroxylation is 1. The number of amides is 2. The summed E-state index contributed by atoms with van der Waals surface area (Å²) >= 11 is 0. The summed E-state index contributed by atoms with van der Waals surface area (Å²) in [5.74, 6) is -0.594. The van der Waals surface area contributed by atoms with Crippen LogP contribution in [0.2, 0.25) is 0 Å². The molecule has 3 aromatic rings. The van der Waals surface area contributed by atoms with Crippen LogP contribution in [0.1, 0.15) is 60.8 Å². The quantitative estimate of drug-likeness (QED) is 0.238. The Morgan fingerprint density at radius 2 is 1.60 bits per heavy atom. The van der Waals surface area contributed by atoms with E-state index in [4.69, 9.17) is 0 Å². The van der Waals surface area contributed by atoms with Crippen LogP contribution in [0.3, 0.4) is 0 Å².